The Kier molecular flexibility index (Phi) is 9.73. The van der Waals surface area contributed by atoms with Gasteiger partial charge >= 0.3 is 0 Å². The van der Waals surface area contributed by atoms with E-state index in [1.807, 2.05) is 29.9 Å². The van der Waals surface area contributed by atoms with Crippen molar-refractivity contribution in [3.63, 3.8) is 0 Å². The summed E-state index contributed by atoms with van der Waals surface area (Å²) in [4.78, 5) is 11.9. The Balaban J connectivity index is 1.02. The molecule has 252 valence electrons. The highest BCUT2D eigenvalue weighted by Gasteiger charge is 2.42. The van der Waals surface area contributed by atoms with Crippen LogP contribution in [0, 0.1) is 11.3 Å². The van der Waals surface area contributed by atoms with Crippen LogP contribution in [0.4, 0.5) is 11.6 Å². The summed E-state index contributed by atoms with van der Waals surface area (Å²) in [5.41, 5.74) is 2.68. The van der Waals surface area contributed by atoms with Gasteiger partial charge in [0.15, 0.2) is 0 Å². The Morgan fingerprint density at radius 2 is 1.79 bits per heavy atom. The maximum Gasteiger partial charge on any atom is 0.256 e. The number of aromatic nitrogens is 8. The second kappa shape index (κ2) is 14.6. The number of fused-ring (bicyclic) bond motifs is 2. The first-order valence-corrected chi connectivity index (χ1v) is 16.8. The van der Waals surface area contributed by atoms with Gasteiger partial charge in [-0.2, -0.15) is 5.26 Å². The number of morpholine rings is 1. The van der Waals surface area contributed by atoms with Crippen molar-refractivity contribution in [1.29, 1.82) is 5.26 Å². The van der Waals surface area contributed by atoms with Crippen molar-refractivity contribution < 1.29 is 19.3 Å². The van der Waals surface area contributed by atoms with Crippen LogP contribution in [0.3, 0.4) is 0 Å². The first kappa shape index (κ1) is 31.9. The van der Waals surface area contributed by atoms with Gasteiger partial charge in [0.1, 0.15) is 29.9 Å². The molecule has 1 saturated carbocycles. The second-order valence-corrected chi connectivity index (χ2v) is 12.8. The number of tetrazole rings is 1. The van der Waals surface area contributed by atoms with Gasteiger partial charge in [-0.1, -0.05) is 6.07 Å². The normalized spacial score (nSPS) is 23.0. The zero-order chi connectivity index (χ0) is 32.9. The number of nitrogens with zero attached hydrogens (tertiary/aromatic N) is 10. The van der Waals surface area contributed by atoms with Gasteiger partial charge in [0, 0.05) is 49.1 Å². The highest BCUT2D eigenvalue weighted by molar-refractivity contribution is 5.67. The Labute approximate surface area is 278 Å². The van der Waals surface area contributed by atoms with Crippen LogP contribution in [-0.2, 0) is 11.3 Å². The zero-order valence-corrected chi connectivity index (χ0v) is 27.1. The maximum atomic E-state index is 9.65. The molecular formula is C33H41N11O4. The third-order valence-corrected chi connectivity index (χ3v) is 9.50. The highest BCUT2D eigenvalue weighted by atomic mass is 16.5. The minimum atomic E-state index is -0.275. The second-order valence-electron chi connectivity index (χ2n) is 12.8. The Bertz CT molecular complexity index is 1670. The van der Waals surface area contributed by atoms with Crippen LogP contribution in [-0.4, -0.2) is 101 Å². The molecule has 2 bridgehead atoms. The SMILES string of the molecule is CC(Cn1cnnn1)Oc1cc(-c2cnc(Nc3cn(C4CCC(N5[C@@H]6CC[C@H]5COC6)CC4)nc3OCCCO)nc2)ccc1C#N. The molecule has 2 saturated heterocycles. The Morgan fingerprint density at radius 1 is 1.04 bits per heavy atom. The third-order valence-electron chi connectivity index (χ3n) is 9.50. The Hall–Kier alpha value is -4.65. The van der Waals surface area contributed by atoms with Crippen LogP contribution in [0.1, 0.15) is 63.5 Å². The monoisotopic (exact) mass is 655 g/mol. The molecule has 1 unspecified atom stereocenters. The molecule has 7 rings (SSSR count). The van der Waals surface area contributed by atoms with Crippen LogP contribution >= 0.6 is 0 Å². The fraction of sp³-hybridized carbons (Fsp3) is 0.545. The molecule has 48 heavy (non-hydrogen) atoms. The van der Waals surface area contributed by atoms with Crippen molar-refractivity contribution in [3.8, 4) is 28.8 Å². The summed E-state index contributed by atoms with van der Waals surface area (Å²) in [7, 11) is 0. The van der Waals surface area contributed by atoms with E-state index in [2.05, 4.69) is 41.8 Å². The minimum absolute atomic E-state index is 0.0435. The summed E-state index contributed by atoms with van der Waals surface area (Å²) in [5.74, 6) is 1.33. The summed E-state index contributed by atoms with van der Waals surface area (Å²) in [5, 5.41) is 38.3. The van der Waals surface area contributed by atoms with Crippen LogP contribution in [0.2, 0.25) is 0 Å². The average molecular weight is 656 g/mol. The zero-order valence-electron chi connectivity index (χ0n) is 27.1. The van der Waals surface area contributed by atoms with E-state index in [4.69, 9.17) is 19.3 Å². The summed E-state index contributed by atoms with van der Waals surface area (Å²) in [6, 6.07) is 9.63. The quantitative estimate of drug-likeness (QED) is 0.200. The lowest BCUT2D eigenvalue weighted by Gasteiger charge is -2.43. The predicted molar refractivity (Wildman–Crippen MR) is 174 cm³/mol. The number of aliphatic hydroxyl groups is 1. The van der Waals surface area contributed by atoms with Gasteiger partial charge in [0.05, 0.1) is 44.2 Å². The maximum absolute atomic E-state index is 9.65. The lowest BCUT2D eigenvalue weighted by molar-refractivity contribution is -0.0458. The molecule has 0 radical (unpaired) electrons. The standard InChI is InChI=1S/C33H41N11O4/c1-22(17-42-21-37-40-41-42)48-31-13-23(3-4-24(31)14-34)25-15-35-33(36-16-25)38-30-18-43(39-32(30)47-12-2-11-45)26-5-7-27(8-6-26)44-28-9-10-29(44)20-46-19-28/h3-4,13,15-16,18,21-22,26-29,45H,2,5-12,17,19-20H2,1H3,(H,35,36,38)/t22?,26?,27?,28-,29+. The number of hydrogen-bond donors (Lipinski definition) is 2. The molecule has 5 heterocycles. The summed E-state index contributed by atoms with van der Waals surface area (Å²) >= 11 is 0. The molecule has 3 aromatic heterocycles. The molecule has 15 heteroatoms. The fourth-order valence-corrected chi connectivity index (χ4v) is 7.20. The van der Waals surface area contributed by atoms with Gasteiger partial charge < -0.3 is 24.6 Å². The van der Waals surface area contributed by atoms with Crippen LogP contribution in [0.15, 0.2) is 43.1 Å². The molecule has 1 aromatic carbocycles. The molecule has 4 aromatic rings. The summed E-state index contributed by atoms with van der Waals surface area (Å²) < 4.78 is 21.5. The fourth-order valence-electron chi connectivity index (χ4n) is 7.20. The molecular weight excluding hydrogens is 614 g/mol. The van der Waals surface area contributed by atoms with Gasteiger partial charge in [-0.3, -0.25) is 9.58 Å². The van der Waals surface area contributed by atoms with E-state index in [0.29, 0.717) is 66.5 Å². The molecule has 2 aliphatic heterocycles. The topological polar surface area (TPSA) is 174 Å². The summed E-state index contributed by atoms with van der Waals surface area (Å²) in [6.07, 6.45) is 14.1. The number of anilines is 2. The van der Waals surface area contributed by atoms with Crippen molar-refractivity contribution in [2.24, 2.45) is 0 Å². The smallest absolute Gasteiger partial charge is 0.256 e. The molecule has 1 aliphatic carbocycles. The first-order valence-electron chi connectivity index (χ1n) is 16.8. The van der Waals surface area contributed by atoms with Crippen molar-refractivity contribution in [2.75, 3.05) is 31.7 Å². The van der Waals surface area contributed by atoms with Crippen molar-refractivity contribution in [3.05, 3.63) is 48.7 Å². The third kappa shape index (κ3) is 7.10. The van der Waals surface area contributed by atoms with Crippen LogP contribution in [0.25, 0.3) is 11.1 Å². The van der Waals surface area contributed by atoms with E-state index in [9.17, 15) is 10.4 Å². The molecule has 3 aliphatic rings. The Morgan fingerprint density at radius 3 is 2.50 bits per heavy atom. The van der Waals surface area contributed by atoms with Gasteiger partial charge in [-0.25, -0.2) is 14.6 Å². The molecule has 3 fully saturated rings. The lowest BCUT2D eigenvalue weighted by atomic mass is 9.89. The predicted octanol–water partition coefficient (Wildman–Crippen LogP) is 3.52. The van der Waals surface area contributed by atoms with Crippen LogP contribution in [0.5, 0.6) is 11.6 Å². The summed E-state index contributed by atoms with van der Waals surface area (Å²) in [6.45, 7) is 4.46. The number of benzene rings is 1. The van der Waals surface area contributed by atoms with E-state index >= 15 is 0 Å². The van der Waals surface area contributed by atoms with Gasteiger partial charge in [0.2, 0.25) is 5.95 Å². The van der Waals surface area contributed by atoms with Crippen molar-refractivity contribution in [1.82, 2.24) is 44.9 Å². The van der Waals surface area contributed by atoms with Gasteiger partial charge in [-0.15, -0.1) is 10.2 Å². The van der Waals surface area contributed by atoms with Gasteiger partial charge in [-0.05, 0) is 73.6 Å². The highest BCUT2D eigenvalue weighted by Crippen LogP contribution is 2.39. The first-order chi connectivity index (χ1) is 23.6. The molecule has 0 amide bonds. The van der Waals surface area contributed by atoms with E-state index in [-0.39, 0.29) is 18.8 Å². The largest absolute Gasteiger partial charge is 0.487 e. The van der Waals surface area contributed by atoms with E-state index in [0.717, 1.165) is 50.0 Å². The van der Waals surface area contributed by atoms with Gasteiger partial charge in [0.25, 0.3) is 5.88 Å². The average Bonchev–Trinajstić information content (AvgIpc) is 3.83. The van der Waals surface area contributed by atoms with Crippen LogP contribution < -0.4 is 14.8 Å². The minimum Gasteiger partial charge on any atom is -0.487 e. The lowest BCUT2D eigenvalue weighted by Crippen LogP contribution is -2.52. The number of ether oxygens (including phenoxy) is 3. The number of nitriles is 1. The van der Waals surface area contributed by atoms with Crippen molar-refractivity contribution in [2.45, 2.75) is 88.7 Å². The molecule has 0 spiro atoms. The van der Waals surface area contributed by atoms with E-state index in [1.165, 1.54) is 19.2 Å². The molecule has 3 atom stereocenters. The number of hydrogen-bond acceptors (Lipinski definition) is 13. The number of aliphatic hydroxyl groups excluding tert-OH is 1. The van der Waals surface area contributed by atoms with Crippen molar-refractivity contribution >= 4 is 11.6 Å². The molecule has 15 nitrogen and oxygen atoms in total. The number of rotatable bonds is 13. The number of nitrogens with one attached hydrogen (secondary N) is 1. The molecule has 2 N–H and O–H groups in total. The van der Waals surface area contributed by atoms with E-state index in [1.54, 1.807) is 23.1 Å². The van der Waals surface area contributed by atoms with E-state index < -0.39 is 0 Å².